The van der Waals surface area contributed by atoms with Gasteiger partial charge in [0.1, 0.15) is 5.75 Å². The van der Waals surface area contributed by atoms with Gasteiger partial charge in [-0.25, -0.2) is 0 Å². The van der Waals surface area contributed by atoms with Crippen LogP contribution in [0.5, 0.6) is 5.75 Å². The molecule has 1 fully saturated rings. The Morgan fingerprint density at radius 2 is 1.85 bits per heavy atom. The first-order valence-electron chi connectivity index (χ1n) is 7.85. The summed E-state index contributed by atoms with van der Waals surface area (Å²) in [5, 5.41) is 0. The topological polar surface area (TPSA) is 44.5 Å². The van der Waals surface area contributed by atoms with E-state index in [1.54, 1.807) is 0 Å². The second kappa shape index (κ2) is 8.28. The Morgan fingerprint density at radius 3 is 2.50 bits per heavy atom. The lowest BCUT2D eigenvalue weighted by molar-refractivity contribution is 0.0759. The van der Waals surface area contributed by atoms with Crippen LogP contribution in [0.4, 0.5) is 0 Å². The molecule has 2 rings (SSSR count). The molecular weight excluding hydrogens is 250 g/mol. The van der Waals surface area contributed by atoms with Crippen molar-refractivity contribution < 1.29 is 9.47 Å². The van der Waals surface area contributed by atoms with Gasteiger partial charge in [0.2, 0.25) is 0 Å². The van der Waals surface area contributed by atoms with E-state index in [-0.39, 0.29) is 6.04 Å². The maximum absolute atomic E-state index is 6.17. The minimum Gasteiger partial charge on any atom is -0.494 e. The Hall–Kier alpha value is -1.06. The van der Waals surface area contributed by atoms with Crippen LogP contribution < -0.4 is 10.5 Å². The molecule has 0 bridgehead atoms. The van der Waals surface area contributed by atoms with E-state index < -0.39 is 0 Å². The summed E-state index contributed by atoms with van der Waals surface area (Å²) in [6.07, 6.45) is 6.75. The van der Waals surface area contributed by atoms with Crippen LogP contribution in [0.15, 0.2) is 24.3 Å². The third-order valence-electron chi connectivity index (χ3n) is 3.99. The number of hydrogen-bond acceptors (Lipinski definition) is 3. The van der Waals surface area contributed by atoms with E-state index in [4.69, 9.17) is 15.2 Å². The van der Waals surface area contributed by atoms with Crippen molar-refractivity contribution in [2.75, 3.05) is 19.8 Å². The maximum atomic E-state index is 6.17. The normalized spacial score (nSPS) is 17.9. The quantitative estimate of drug-likeness (QED) is 0.827. The number of ether oxygens (including phenoxy) is 2. The minimum absolute atomic E-state index is 0.0470. The monoisotopic (exact) mass is 277 g/mol. The van der Waals surface area contributed by atoms with Crippen LogP contribution in [0.3, 0.4) is 0 Å². The van der Waals surface area contributed by atoms with Crippen LogP contribution in [0, 0.1) is 5.92 Å². The molecule has 3 nitrogen and oxygen atoms in total. The summed E-state index contributed by atoms with van der Waals surface area (Å²) in [6.45, 7) is 4.14. The van der Waals surface area contributed by atoms with Crippen molar-refractivity contribution in [3.8, 4) is 5.75 Å². The van der Waals surface area contributed by atoms with Crippen molar-refractivity contribution in [2.45, 2.75) is 45.1 Å². The van der Waals surface area contributed by atoms with Crippen molar-refractivity contribution in [3.63, 3.8) is 0 Å². The van der Waals surface area contributed by atoms with Crippen LogP contribution in [-0.2, 0) is 4.74 Å². The minimum atomic E-state index is -0.0470. The lowest BCUT2D eigenvalue weighted by atomic mass is 9.90. The Kier molecular flexibility index (Phi) is 6.34. The van der Waals surface area contributed by atoms with Crippen LogP contribution in [0.1, 0.15) is 50.6 Å². The fourth-order valence-electron chi connectivity index (χ4n) is 2.79. The zero-order chi connectivity index (χ0) is 14.2. The smallest absolute Gasteiger partial charge is 0.119 e. The molecule has 1 aliphatic rings. The molecule has 1 aromatic rings. The predicted octanol–water partition coefficient (Wildman–Crippen LogP) is 3.68. The number of hydrogen-bond donors (Lipinski definition) is 1. The zero-order valence-corrected chi connectivity index (χ0v) is 12.5. The Balaban J connectivity index is 1.71. The molecule has 1 aromatic carbocycles. The van der Waals surface area contributed by atoms with E-state index in [1.807, 2.05) is 31.2 Å². The summed E-state index contributed by atoms with van der Waals surface area (Å²) in [5.74, 6) is 1.64. The molecule has 2 N–H and O–H groups in total. The van der Waals surface area contributed by atoms with Gasteiger partial charge in [0.05, 0.1) is 19.3 Å². The van der Waals surface area contributed by atoms with Gasteiger partial charge in [-0.2, -0.15) is 0 Å². The van der Waals surface area contributed by atoms with Crippen LogP contribution in [-0.4, -0.2) is 19.8 Å². The summed E-state index contributed by atoms with van der Waals surface area (Å²) in [5.41, 5.74) is 7.28. The highest BCUT2D eigenvalue weighted by atomic mass is 16.5. The number of nitrogens with two attached hydrogens (primary N) is 1. The molecule has 112 valence electrons. The SMILES string of the molecule is CCOc1ccc(C(N)COCC2CCCCC2)cc1. The number of rotatable bonds is 7. The van der Waals surface area contributed by atoms with Crippen molar-refractivity contribution in [1.82, 2.24) is 0 Å². The third-order valence-corrected chi connectivity index (χ3v) is 3.99. The first-order chi connectivity index (χ1) is 9.79. The average molecular weight is 277 g/mol. The van der Waals surface area contributed by atoms with Crippen molar-refractivity contribution in [2.24, 2.45) is 11.7 Å². The first kappa shape index (κ1) is 15.3. The van der Waals surface area contributed by atoms with Gasteiger partial charge < -0.3 is 15.2 Å². The van der Waals surface area contributed by atoms with Gasteiger partial charge in [-0.05, 0) is 43.4 Å². The second-order valence-corrected chi connectivity index (χ2v) is 5.65. The molecule has 20 heavy (non-hydrogen) atoms. The van der Waals surface area contributed by atoms with Crippen LogP contribution in [0.2, 0.25) is 0 Å². The molecule has 0 aromatic heterocycles. The van der Waals surface area contributed by atoms with Crippen molar-refractivity contribution >= 4 is 0 Å². The lowest BCUT2D eigenvalue weighted by Crippen LogP contribution is -2.20. The number of benzene rings is 1. The van der Waals surface area contributed by atoms with Gasteiger partial charge in [0.25, 0.3) is 0 Å². The van der Waals surface area contributed by atoms with E-state index >= 15 is 0 Å². The molecule has 1 atom stereocenters. The first-order valence-corrected chi connectivity index (χ1v) is 7.85. The Bertz CT molecular complexity index is 371. The van der Waals surface area contributed by atoms with Crippen molar-refractivity contribution in [3.05, 3.63) is 29.8 Å². The van der Waals surface area contributed by atoms with Gasteiger partial charge in [0.15, 0.2) is 0 Å². The Labute approximate surface area is 122 Å². The van der Waals surface area contributed by atoms with Gasteiger partial charge in [-0.15, -0.1) is 0 Å². The maximum Gasteiger partial charge on any atom is 0.119 e. The van der Waals surface area contributed by atoms with Crippen LogP contribution in [0.25, 0.3) is 0 Å². The molecule has 1 unspecified atom stereocenters. The van der Waals surface area contributed by atoms with E-state index in [0.29, 0.717) is 13.2 Å². The van der Waals surface area contributed by atoms with Crippen molar-refractivity contribution in [1.29, 1.82) is 0 Å². The molecule has 3 heteroatoms. The molecule has 1 aliphatic carbocycles. The summed E-state index contributed by atoms with van der Waals surface area (Å²) in [4.78, 5) is 0. The molecular formula is C17H27NO2. The molecule has 1 saturated carbocycles. The highest BCUT2D eigenvalue weighted by molar-refractivity contribution is 5.29. The lowest BCUT2D eigenvalue weighted by Gasteiger charge is -2.22. The molecule has 0 heterocycles. The third kappa shape index (κ3) is 4.80. The van der Waals surface area contributed by atoms with E-state index in [0.717, 1.165) is 23.8 Å². The average Bonchev–Trinajstić information content (AvgIpc) is 2.49. The van der Waals surface area contributed by atoms with Gasteiger partial charge in [-0.3, -0.25) is 0 Å². The van der Waals surface area contributed by atoms with E-state index in [1.165, 1.54) is 32.1 Å². The summed E-state index contributed by atoms with van der Waals surface area (Å²) >= 11 is 0. The fourth-order valence-corrected chi connectivity index (χ4v) is 2.79. The Morgan fingerprint density at radius 1 is 1.15 bits per heavy atom. The molecule has 0 amide bonds. The molecule has 0 saturated heterocycles. The standard InChI is InChI=1S/C17H27NO2/c1-2-20-16-10-8-15(9-11-16)17(18)13-19-12-14-6-4-3-5-7-14/h8-11,14,17H,2-7,12-13,18H2,1H3. The fraction of sp³-hybridized carbons (Fsp3) is 0.647. The highest BCUT2D eigenvalue weighted by Gasteiger charge is 2.14. The zero-order valence-electron chi connectivity index (χ0n) is 12.5. The van der Waals surface area contributed by atoms with Gasteiger partial charge in [0, 0.05) is 6.61 Å². The molecule has 0 radical (unpaired) electrons. The van der Waals surface area contributed by atoms with E-state index in [9.17, 15) is 0 Å². The summed E-state index contributed by atoms with van der Waals surface area (Å²) in [6, 6.07) is 7.95. The second-order valence-electron chi connectivity index (χ2n) is 5.65. The summed E-state index contributed by atoms with van der Waals surface area (Å²) < 4.78 is 11.2. The van der Waals surface area contributed by atoms with Gasteiger partial charge in [-0.1, -0.05) is 31.4 Å². The van der Waals surface area contributed by atoms with Gasteiger partial charge >= 0.3 is 0 Å². The highest BCUT2D eigenvalue weighted by Crippen LogP contribution is 2.24. The predicted molar refractivity (Wildman–Crippen MR) is 81.9 cm³/mol. The molecule has 0 spiro atoms. The summed E-state index contributed by atoms with van der Waals surface area (Å²) in [7, 11) is 0. The molecule has 0 aliphatic heterocycles. The largest absolute Gasteiger partial charge is 0.494 e. The van der Waals surface area contributed by atoms with E-state index in [2.05, 4.69) is 0 Å². The van der Waals surface area contributed by atoms with Crippen LogP contribution >= 0.6 is 0 Å².